The molecule has 0 spiro atoms. The zero-order chi connectivity index (χ0) is 21.3. The highest BCUT2D eigenvalue weighted by molar-refractivity contribution is 6.23. The van der Waals surface area contributed by atoms with Crippen LogP contribution in [0.25, 0.3) is 32.3 Å². The van der Waals surface area contributed by atoms with Gasteiger partial charge in [-0.15, -0.1) is 0 Å². The molecule has 0 radical (unpaired) electrons. The van der Waals surface area contributed by atoms with E-state index < -0.39 is 0 Å². The summed E-state index contributed by atoms with van der Waals surface area (Å²) in [5.74, 6) is -0.0856. The number of carbonyl (C=O) groups excluding carboxylic acids is 1. The molecule has 1 heterocycles. The molecule has 4 aromatic carbocycles. The summed E-state index contributed by atoms with van der Waals surface area (Å²) in [6.45, 7) is 4.93. The number of hydrogen-bond acceptors (Lipinski definition) is 3. The molecule has 1 aliphatic rings. The SMILES string of the molecule is C[N+]1(CCOC(=O)CCCc2ccc3ccc4cccc5ccc2c3c45)CCOCC1. The molecule has 4 aromatic rings. The van der Waals surface area contributed by atoms with Crippen molar-refractivity contribution in [3.63, 3.8) is 0 Å². The average molecular weight is 417 g/mol. The molecule has 160 valence electrons. The van der Waals surface area contributed by atoms with Crippen LogP contribution in [0.1, 0.15) is 18.4 Å². The lowest BCUT2D eigenvalue weighted by Crippen LogP contribution is -2.53. The Kier molecular flexibility index (Phi) is 5.51. The van der Waals surface area contributed by atoms with E-state index in [4.69, 9.17) is 9.47 Å². The number of rotatable bonds is 7. The zero-order valence-electron chi connectivity index (χ0n) is 18.2. The number of benzene rings is 4. The quantitative estimate of drug-likeness (QED) is 0.244. The molecule has 0 unspecified atom stereocenters. The van der Waals surface area contributed by atoms with Crippen LogP contribution in [0.4, 0.5) is 0 Å². The molecule has 0 aliphatic carbocycles. The van der Waals surface area contributed by atoms with Crippen LogP contribution < -0.4 is 0 Å². The second-order valence-electron chi connectivity index (χ2n) is 9.06. The molecule has 0 saturated carbocycles. The number of aryl methyl sites for hydroxylation is 1. The van der Waals surface area contributed by atoms with Gasteiger partial charge in [0.05, 0.1) is 20.3 Å². The molecule has 0 amide bonds. The lowest BCUT2D eigenvalue weighted by atomic mass is 9.90. The van der Waals surface area contributed by atoms with E-state index in [2.05, 4.69) is 61.6 Å². The maximum atomic E-state index is 12.3. The topological polar surface area (TPSA) is 35.5 Å². The van der Waals surface area contributed by atoms with Gasteiger partial charge in [0.1, 0.15) is 26.2 Å². The van der Waals surface area contributed by atoms with Gasteiger partial charge in [-0.2, -0.15) is 0 Å². The maximum absolute atomic E-state index is 12.3. The number of carbonyl (C=O) groups is 1. The fourth-order valence-corrected chi connectivity index (χ4v) is 4.90. The lowest BCUT2D eigenvalue weighted by Gasteiger charge is -2.37. The van der Waals surface area contributed by atoms with E-state index >= 15 is 0 Å². The van der Waals surface area contributed by atoms with Gasteiger partial charge >= 0.3 is 5.97 Å². The summed E-state index contributed by atoms with van der Waals surface area (Å²) in [7, 11) is 2.21. The third-order valence-corrected chi connectivity index (χ3v) is 6.89. The molecular weight excluding hydrogens is 386 g/mol. The largest absolute Gasteiger partial charge is 0.460 e. The number of nitrogens with zero attached hydrogens (tertiary/aromatic N) is 1. The van der Waals surface area contributed by atoms with Crippen LogP contribution in [0.15, 0.2) is 54.6 Å². The zero-order valence-corrected chi connectivity index (χ0v) is 18.2. The standard InChI is InChI=1S/C27H30NO3/c1-28(14-17-30-18-15-28)16-19-31-25(29)7-3-4-20-8-9-23-11-10-21-5-2-6-22-12-13-24(20)27(23)26(21)22/h2,5-6,8-13H,3-4,7,14-19H2,1H3/q+1. The van der Waals surface area contributed by atoms with Gasteiger partial charge < -0.3 is 14.0 Å². The summed E-state index contributed by atoms with van der Waals surface area (Å²) in [6.07, 6.45) is 2.16. The highest BCUT2D eigenvalue weighted by atomic mass is 16.5. The average Bonchev–Trinajstić information content (AvgIpc) is 2.78. The van der Waals surface area contributed by atoms with Crippen LogP contribution in [-0.2, 0) is 20.7 Å². The van der Waals surface area contributed by atoms with Gasteiger partial charge in [0.25, 0.3) is 0 Å². The van der Waals surface area contributed by atoms with Crippen LogP contribution in [-0.4, -0.2) is 57.0 Å². The van der Waals surface area contributed by atoms with E-state index in [1.165, 1.54) is 37.9 Å². The number of quaternary nitrogens is 1. The van der Waals surface area contributed by atoms with Crippen molar-refractivity contribution in [1.82, 2.24) is 0 Å². The van der Waals surface area contributed by atoms with Gasteiger partial charge in [0, 0.05) is 6.42 Å². The van der Waals surface area contributed by atoms with Crippen molar-refractivity contribution in [3.8, 4) is 0 Å². The molecule has 5 rings (SSSR count). The number of morpholine rings is 1. The Morgan fingerprint density at radius 1 is 0.935 bits per heavy atom. The third-order valence-electron chi connectivity index (χ3n) is 6.89. The lowest BCUT2D eigenvalue weighted by molar-refractivity contribution is -0.917. The Morgan fingerprint density at radius 3 is 2.39 bits per heavy atom. The second-order valence-corrected chi connectivity index (χ2v) is 9.06. The van der Waals surface area contributed by atoms with Gasteiger partial charge in [-0.3, -0.25) is 4.79 Å². The monoisotopic (exact) mass is 416 g/mol. The fourth-order valence-electron chi connectivity index (χ4n) is 4.90. The molecule has 31 heavy (non-hydrogen) atoms. The Bertz CT molecular complexity index is 1190. The first-order valence-electron chi connectivity index (χ1n) is 11.4. The van der Waals surface area contributed by atoms with Crippen molar-refractivity contribution >= 4 is 38.3 Å². The van der Waals surface area contributed by atoms with Crippen molar-refractivity contribution in [2.24, 2.45) is 0 Å². The van der Waals surface area contributed by atoms with Gasteiger partial charge in [-0.25, -0.2) is 0 Å². The molecule has 4 heteroatoms. The summed E-state index contributed by atoms with van der Waals surface area (Å²) < 4.78 is 11.9. The minimum atomic E-state index is -0.0856. The summed E-state index contributed by atoms with van der Waals surface area (Å²) >= 11 is 0. The number of likely N-dealkylation sites (N-methyl/N-ethyl adjacent to an activating group) is 1. The van der Waals surface area contributed by atoms with Crippen LogP contribution in [0.2, 0.25) is 0 Å². The van der Waals surface area contributed by atoms with E-state index in [0.29, 0.717) is 13.0 Å². The third kappa shape index (κ3) is 4.10. The van der Waals surface area contributed by atoms with Gasteiger partial charge in [-0.05, 0) is 50.7 Å². The van der Waals surface area contributed by atoms with Crippen LogP contribution in [0.5, 0.6) is 0 Å². The molecule has 0 atom stereocenters. The molecule has 1 saturated heterocycles. The van der Waals surface area contributed by atoms with E-state index in [0.717, 1.165) is 50.2 Å². The van der Waals surface area contributed by atoms with E-state index in [-0.39, 0.29) is 5.97 Å². The Balaban J connectivity index is 1.22. The highest BCUT2D eigenvalue weighted by Gasteiger charge is 2.25. The highest BCUT2D eigenvalue weighted by Crippen LogP contribution is 2.36. The van der Waals surface area contributed by atoms with Crippen LogP contribution in [0, 0.1) is 0 Å². The van der Waals surface area contributed by atoms with Crippen molar-refractivity contribution in [1.29, 1.82) is 0 Å². The summed E-state index contributed by atoms with van der Waals surface area (Å²) in [6, 6.07) is 19.8. The minimum absolute atomic E-state index is 0.0856. The van der Waals surface area contributed by atoms with Gasteiger partial charge in [0.15, 0.2) is 0 Å². The molecule has 0 bridgehead atoms. The number of hydrogen-bond donors (Lipinski definition) is 0. The Labute approximate surface area is 183 Å². The van der Waals surface area contributed by atoms with E-state index in [9.17, 15) is 4.79 Å². The summed E-state index contributed by atoms with van der Waals surface area (Å²) in [4.78, 5) is 12.3. The molecule has 0 aromatic heterocycles. The summed E-state index contributed by atoms with van der Waals surface area (Å²) in [5, 5.41) is 7.85. The predicted octanol–water partition coefficient (Wildman–Crippen LogP) is 4.93. The van der Waals surface area contributed by atoms with Gasteiger partial charge in [0.2, 0.25) is 0 Å². The molecule has 1 fully saturated rings. The Hall–Kier alpha value is -2.69. The van der Waals surface area contributed by atoms with Crippen LogP contribution >= 0.6 is 0 Å². The molecule has 1 aliphatic heterocycles. The maximum Gasteiger partial charge on any atom is 0.306 e. The first-order valence-corrected chi connectivity index (χ1v) is 11.4. The first kappa shape index (κ1) is 20.2. The second kappa shape index (κ2) is 8.45. The Morgan fingerprint density at radius 2 is 1.61 bits per heavy atom. The van der Waals surface area contributed by atoms with Crippen molar-refractivity contribution < 1.29 is 18.8 Å². The van der Waals surface area contributed by atoms with Crippen LogP contribution in [0.3, 0.4) is 0 Å². The summed E-state index contributed by atoms with van der Waals surface area (Å²) in [5.41, 5.74) is 1.31. The van der Waals surface area contributed by atoms with E-state index in [1.807, 2.05) is 0 Å². The first-order chi connectivity index (χ1) is 15.1. The molecular formula is C27H30NO3+. The molecule has 0 N–H and O–H groups in total. The predicted molar refractivity (Wildman–Crippen MR) is 126 cm³/mol. The van der Waals surface area contributed by atoms with Gasteiger partial charge in [-0.1, -0.05) is 54.6 Å². The molecule has 4 nitrogen and oxygen atoms in total. The minimum Gasteiger partial charge on any atom is -0.460 e. The van der Waals surface area contributed by atoms with Crippen molar-refractivity contribution in [3.05, 3.63) is 60.2 Å². The normalized spacial score (nSPS) is 16.3. The number of ether oxygens (including phenoxy) is 2. The smallest absolute Gasteiger partial charge is 0.306 e. The van der Waals surface area contributed by atoms with Crippen molar-refractivity contribution in [2.75, 3.05) is 46.5 Å². The fraction of sp³-hybridized carbons (Fsp3) is 0.370. The van der Waals surface area contributed by atoms with E-state index in [1.54, 1.807) is 0 Å². The van der Waals surface area contributed by atoms with Crippen molar-refractivity contribution in [2.45, 2.75) is 19.3 Å². The number of esters is 1.